The van der Waals surface area contributed by atoms with Gasteiger partial charge in [0.2, 0.25) is 5.95 Å². The Morgan fingerprint density at radius 3 is 2.89 bits per heavy atom. The number of nitrogens with zero attached hydrogens (tertiary/aromatic N) is 3. The maximum Gasteiger partial charge on any atom is 0.207 e. The molecule has 0 aliphatic heterocycles. The first-order chi connectivity index (χ1) is 8.66. The Bertz CT molecular complexity index is 738. The van der Waals surface area contributed by atoms with Crippen molar-refractivity contribution in [1.29, 1.82) is 0 Å². The monoisotopic (exact) mass is 262 g/mol. The molecule has 2 heterocycles. The van der Waals surface area contributed by atoms with Crippen LogP contribution < -0.4 is 5.73 Å². The van der Waals surface area contributed by atoms with Crippen LogP contribution in [-0.2, 0) is 0 Å². The van der Waals surface area contributed by atoms with Crippen molar-refractivity contribution in [3.05, 3.63) is 47.4 Å². The molecule has 3 rings (SSSR count). The summed E-state index contributed by atoms with van der Waals surface area (Å²) < 4.78 is 14.8. The summed E-state index contributed by atoms with van der Waals surface area (Å²) in [6.07, 6.45) is 1.64. The number of hydrogen-bond donors (Lipinski definition) is 1. The number of halogens is 2. The highest BCUT2D eigenvalue weighted by atomic mass is 35.5. The van der Waals surface area contributed by atoms with Crippen LogP contribution in [0, 0.1) is 5.82 Å². The van der Waals surface area contributed by atoms with E-state index in [9.17, 15) is 4.39 Å². The van der Waals surface area contributed by atoms with Gasteiger partial charge in [-0.2, -0.15) is 0 Å². The summed E-state index contributed by atoms with van der Waals surface area (Å²) in [5.74, 6) is -0.192. The summed E-state index contributed by atoms with van der Waals surface area (Å²) in [5, 5.41) is 0.0321. The number of nitrogen functional groups attached to an aromatic ring is 1. The molecule has 0 atom stereocenters. The molecule has 3 aromatic rings. The third kappa shape index (κ3) is 1.60. The number of benzene rings is 1. The molecule has 0 radical (unpaired) electrons. The molecule has 2 aromatic heterocycles. The van der Waals surface area contributed by atoms with Crippen LogP contribution in [0.5, 0.6) is 0 Å². The highest BCUT2D eigenvalue weighted by Gasteiger charge is 2.11. The van der Waals surface area contributed by atoms with Gasteiger partial charge in [-0.1, -0.05) is 11.6 Å². The lowest BCUT2D eigenvalue weighted by Gasteiger charge is -2.06. The average Bonchev–Trinajstić information content (AvgIpc) is 2.69. The maximum atomic E-state index is 13.2. The van der Waals surface area contributed by atoms with Gasteiger partial charge in [0.1, 0.15) is 11.3 Å². The SMILES string of the molecule is Nc1nc2cccnc2n1-c1ccc(F)c(Cl)c1. The van der Waals surface area contributed by atoms with Crippen molar-refractivity contribution in [2.45, 2.75) is 0 Å². The maximum absolute atomic E-state index is 13.2. The number of hydrogen-bond acceptors (Lipinski definition) is 3. The van der Waals surface area contributed by atoms with E-state index in [-0.39, 0.29) is 11.0 Å². The van der Waals surface area contributed by atoms with E-state index >= 15 is 0 Å². The first-order valence-corrected chi connectivity index (χ1v) is 5.59. The van der Waals surface area contributed by atoms with Crippen LogP contribution in [0.25, 0.3) is 16.9 Å². The van der Waals surface area contributed by atoms with Crippen LogP contribution in [0.4, 0.5) is 10.3 Å². The summed E-state index contributed by atoms with van der Waals surface area (Å²) in [6.45, 7) is 0. The zero-order valence-electron chi connectivity index (χ0n) is 9.14. The number of anilines is 1. The fraction of sp³-hybridized carbons (Fsp3) is 0. The minimum absolute atomic E-state index is 0.0321. The second-order valence-corrected chi connectivity index (χ2v) is 4.16. The van der Waals surface area contributed by atoms with Crippen molar-refractivity contribution in [3.8, 4) is 5.69 Å². The molecule has 18 heavy (non-hydrogen) atoms. The molecule has 2 N–H and O–H groups in total. The molecule has 4 nitrogen and oxygen atoms in total. The number of nitrogens with two attached hydrogens (primary N) is 1. The molecule has 0 saturated heterocycles. The van der Waals surface area contributed by atoms with E-state index in [4.69, 9.17) is 17.3 Å². The van der Waals surface area contributed by atoms with Gasteiger partial charge in [0, 0.05) is 6.20 Å². The summed E-state index contributed by atoms with van der Waals surface area (Å²) in [7, 11) is 0. The van der Waals surface area contributed by atoms with Crippen molar-refractivity contribution in [1.82, 2.24) is 14.5 Å². The van der Waals surface area contributed by atoms with Gasteiger partial charge in [-0.05, 0) is 30.3 Å². The Kier molecular flexibility index (Phi) is 2.41. The van der Waals surface area contributed by atoms with Gasteiger partial charge in [-0.3, -0.25) is 4.57 Å². The molecular weight excluding hydrogens is 255 g/mol. The molecule has 1 aromatic carbocycles. The summed E-state index contributed by atoms with van der Waals surface area (Å²) in [4.78, 5) is 8.40. The van der Waals surface area contributed by atoms with Crippen molar-refractivity contribution >= 4 is 28.7 Å². The highest BCUT2D eigenvalue weighted by molar-refractivity contribution is 6.30. The van der Waals surface area contributed by atoms with Crippen LogP contribution >= 0.6 is 11.6 Å². The Hall–Kier alpha value is -2.14. The van der Waals surface area contributed by atoms with E-state index < -0.39 is 5.82 Å². The number of fused-ring (bicyclic) bond motifs is 1. The lowest BCUT2D eigenvalue weighted by atomic mass is 10.3. The highest BCUT2D eigenvalue weighted by Crippen LogP contribution is 2.24. The van der Waals surface area contributed by atoms with Gasteiger partial charge in [0.05, 0.1) is 10.7 Å². The van der Waals surface area contributed by atoms with Gasteiger partial charge >= 0.3 is 0 Å². The summed E-state index contributed by atoms with van der Waals surface area (Å²) in [5.41, 5.74) is 7.76. The van der Waals surface area contributed by atoms with Gasteiger partial charge < -0.3 is 5.73 Å². The number of pyridine rings is 1. The van der Waals surface area contributed by atoms with Crippen LogP contribution in [-0.4, -0.2) is 14.5 Å². The summed E-state index contributed by atoms with van der Waals surface area (Å²) >= 11 is 5.76. The molecule has 0 spiro atoms. The third-order valence-electron chi connectivity index (χ3n) is 2.60. The average molecular weight is 263 g/mol. The molecule has 0 bridgehead atoms. The van der Waals surface area contributed by atoms with E-state index in [1.54, 1.807) is 29.0 Å². The van der Waals surface area contributed by atoms with Gasteiger partial charge in [-0.25, -0.2) is 14.4 Å². The van der Waals surface area contributed by atoms with E-state index in [1.807, 2.05) is 0 Å². The topological polar surface area (TPSA) is 56.7 Å². The Balaban J connectivity index is 2.30. The van der Waals surface area contributed by atoms with Crippen molar-refractivity contribution < 1.29 is 4.39 Å². The molecular formula is C12H8ClFN4. The minimum Gasteiger partial charge on any atom is -0.369 e. The Labute approximate surface area is 107 Å². The fourth-order valence-electron chi connectivity index (χ4n) is 1.81. The van der Waals surface area contributed by atoms with Gasteiger partial charge in [0.25, 0.3) is 0 Å². The minimum atomic E-state index is -0.476. The third-order valence-corrected chi connectivity index (χ3v) is 2.89. The Morgan fingerprint density at radius 2 is 2.11 bits per heavy atom. The van der Waals surface area contributed by atoms with E-state index in [1.165, 1.54) is 12.1 Å². The predicted molar refractivity (Wildman–Crippen MR) is 68.2 cm³/mol. The van der Waals surface area contributed by atoms with E-state index in [0.717, 1.165) is 0 Å². The lowest BCUT2D eigenvalue weighted by Crippen LogP contribution is -2.01. The first kappa shape index (κ1) is 11.0. The number of aromatic nitrogens is 3. The molecule has 0 saturated carbocycles. The first-order valence-electron chi connectivity index (χ1n) is 5.21. The lowest BCUT2D eigenvalue weighted by molar-refractivity contribution is 0.628. The summed E-state index contributed by atoms with van der Waals surface area (Å²) in [6, 6.07) is 7.93. The predicted octanol–water partition coefficient (Wildman–Crippen LogP) is 2.80. The normalized spacial score (nSPS) is 11.0. The quantitative estimate of drug-likeness (QED) is 0.734. The molecule has 0 unspecified atom stereocenters. The van der Waals surface area contributed by atoms with E-state index in [2.05, 4.69) is 9.97 Å². The standard InChI is InChI=1S/C12H8ClFN4/c13-8-6-7(3-4-9(8)14)18-11-10(17-12(18)15)2-1-5-16-11/h1-6H,(H2,15,17). The van der Waals surface area contributed by atoms with Gasteiger partial charge in [0.15, 0.2) is 5.65 Å². The van der Waals surface area contributed by atoms with Crippen molar-refractivity contribution in [3.63, 3.8) is 0 Å². The van der Waals surface area contributed by atoms with Crippen molar-refractivity contribution in [2.24, 2.45) is 0 Å². The van der Waals surface area contributed by atoms with Gasteiger partial charge in [-0.15, -0.1) is 0 Å². The molecule has 0 amide bonds. The number of rotatable bonds is 1. The number of imidazole rings is 1. The second kappa shape index (κ2) is 3.96. The molecule has 90 valence electrons. The molecule has 0 aliphatic rings. The zero-order valence-corrected chi connectivity index (χ0v) is 9.89. The molecule has 6 heteroatoms. The van der Waals surface area contributed by atoms with E-state index in [0.29, 0.717) is 16.9 Å². The van der Waals surface area contributed by atoms with Crippen LogP contribution in [0.15, 0.2) is 36.5 Å². The van der Waals surface area contributed by atoms with Crippen LogP contribution in [0.2, 0.25) is 5.02 Å². The second-order valence-electron chi connectivity index (χ2n) is 3.75. The fourth-order valence-corrected chi connectivity index (χ4v) is 1.98. The molecule has 0 aliphatic carbocycles. The largest absolute Gasteiger partial charge is 0.369 e. The van der Waals surface area contributed by atoms with Crippen molar-refractivity contribution in [2.75, 3.05) is 5.73 Å². The van der Waals surface area contributed by atoms with Crippen LogP contribution in [0.1, 0.15) is 0 Å². The molecule has 0 fully saturated rings. The zero-order chi connectivity index (χ0) is 12.7. The smallest absolute Gasteiger partial charge is 0.207 e. The Morgan fingerprint density at radius 1 is 1.28 bits per heavy atom. The van der Waals surface area contributed by atoms with Crippen LogP contribution in [0.3, 0.4) is 0 Å².